The van der Waals surface area contributed by atoms with Crippen molar-refractivity contribution in [2.75, 3.05) is 39.3 Å². The van der Waals surface area contributed by atoms with Gasteiger partial charge in [0.15, 0.2) is 0 Å². The molecule has 1 aromatic rings. The number of carboxylic acids is 1. The molecule has 0 atom stereocenters. The van der Waals surface area contributed by atoms with Crippen molar-refractivity contribution in [2.45, 2.75) is 6.54 Å². The fourth-order valence-corrected chi connectivity index (χ4v) is 2.18. The van der Waals surface area contributed by atoms with Gasteiger partial charge >= 0.3 is 5.97 Å². The van der Waals surface area contributed by atoms with Crippen molar-refractivity contribution in [3.63, 3.8) is 0 Å². The maximum atomic E-state index is 11.1. The zero-order valence-electron chi connectivity index (χ0n) is 10.7. The van der Waals surface area contributed by atoms with Gasteiger partial charge in [-0.1, -0.05) is 0 Å². The second kappa shape index (κ2) is 6.55. The van der Waals surface area contributed by atoms with E-state index in [0.29, 0.717) is 18.8 Å². The minimum Gasteiger partial charge on any atom is -0.478 e. The van der Waals surface area contributed by atoms with Gasteiger partial charge in [-0.2, -0.15) is 0 Å². The molecular weight excluding hydrogens is 248 g/mol. The highest BCUT2D eigenvalue weighted by atomic mass is 16.4. The number of piperazine rings is 1. The van der Waals surface area contributed by atoms with Crippen LogP contribution < -0.4 is 0 Å². The van der Waals surface area contributed by atoms with Gasteiger partial charge in [-0.25, -0.2) is 14.8 Å². The molecule has 0 saturated carbocycles. The minimum atomic E-state index is -0.991. The standard InChI is InChI=1S/C12H18N4O3/c17-6-5-15-1-3-16(4-2-15)8-11-10(12(18)19)7-13-9-14-11/h7,9,17H,1-6,8H2,(H,18,19). The third-order valence-corrected chi connectivity index (χ3v) is 3.28. The maximum absolute atomic E-state index is 11.1. The topological polar surface area (TPSA) is 89.8 Å². The van der Waals surface area contributed by atoms with Crippen molar-refractivity contribution in [1.82, 2.24) is 19.8 Å². The first-order chi connectivity index (χ1) is 9.20. The zero-order valence-corrected chi connectivity index (χ0v) is 10.7. The number of β-amino-alcohol motifs (C(OH)–C–C–N with tert-alkyl or cyclic N) is 1. The predicted octanol–water partition coefficient (Wildman–Crippen LogP) is -0.715. The van der Waals surface area contributed by atoms with Crippen LogP contribution in [0.5, 0.6) is 0 Å². The molecule has 1 aromatic heterocycles. The van der Waals surface area contributed by atoms with E-state index in [1.54, 1.807) is 0 Å². The fourth-order valence-electron chi connectivity index (χ4n) is 2.18. The van der Waals surface area contributed by atoms with Crippen molar-refractivity contribution in [3.05, 3.63) is 23.8 Å². The highest BCUT2D eigenvalue weighted by Crippen LogP contribution is 2.10. The smallest absolute Gasteiger partial charge is 0.339 e. The molecule has 0 unspecified atom stereocenters. The number of aliphatic hydroxyl groups excluding tert-OH is 1. The number of hydrogen-bond acceptors (Lipinski definition) is 6. The van der Waals surface area contributed by atoms with Crippen LogP contribution in [0.25, 0.3) is 0 Å². The van der Waals surface area contributed by atoms with E-state index >= 15 is 0 Å². The number of rotatable bonds is 5. The number of aliphatic hydroxyl groups is 1. The molecule has 104 valence electrons. The quantitative estimate of drug-likeness (QED) is 0.727. The summed E-state index contributed by atoms with van der Waals surface area (Å²) in [7, 11) is 0. The van der Waals surface area contributed by atoms with Crippen LogP contribution in [-0.2, 0) is 6.54 Å². The summed E-state index contributed by atoms with van der Waals surface area (Å²) in [5.74, 6) is -0.991. The van der Waals surface area contributed by atoms with Crippen molar-refractivity contribution < 1.29 is 15.0 Å². The molecule has 19 heavy (non-hydrogen) atoms. The van der Waals surface area contributed by atoms with Crippen LogP contribution in [-0.4, -0.2) is 75.3 Å². The fraction of sp³-hybridized carbons (Fsp3) is 0.583. The molecular formula is C12H18N4O3. The van der Waals surface area contributed by atoms with E-state index in [2.05, 4.69) is 19.8 Å². The largest absolute Gasteiger partial charge is 0.478 e. The Hall–Kier alpha value is -1.57. The number of carboxylic acid groups (broad SMARTS) is 1. The number of aromatic nitrogens is 2. The van der Waals surface area contributed by atoms with E-state index in [1.165, 1.54) is 12.5 Å². The highest BCUT2D eigenvalue weighted by Gasteiger charge is 2.19. The first-order valence-corrected chi connectivity index (χ1v) is 6.28. The molecule has 2 heterocycles. The summed E-state index contributed by atoms with van der Waals surface area (Å²) in [5, 5.41) is 18.0. The lowest BCUT2D eigenvalue weighted by molar-refractivity contribution is 0.0690. The van der Waals surface area contributed by atoms with Crippen molar-refractivity contribution in [1.29, 1.82) is 0 Å². The van der Waals surface area contributed by atoms with E-state index < -0.39 is 5.97 Å². The van der Waals surface area contributed by atoms with Crippen LogP contribution in [0.4, 0.5) is 0 Å². The van der Waals surface area contributed by atoms with Crippen molar-refractivity contribution in [3.8, 4) is 0 Å². The molecule has 1 aliphatic rings. The lowest BCUT2D eigenvalue weighted by atomic mass is 10.2. The SMILES string of the molecule is O=C(O)c1cncnc1CN1CCN(CCO)CC1. The van der Waals surface area contributed by atoms with Gasteiger partial charge in [-0.15, -0.1) is 0 Å². The van der Waals surface area contributed by atoms with Gasteiger partial charge in [-0.05, 0) is 0 Å². The average molecular weight is 266 g/mol. The average Bonchev–Trinajstić information content (AvgIpc) is 2.42. The maximum Gasteiger partial charge on any atom is 0.339 e. The van der Waals surface area contributed by atoms with Gasteiger partial charge in [0.25, 0.3) is 0 Å². The van der Waals surface area contributed by atoms with E-state index in [-0.39, 0.29) is 12.2 Å². The third-order valence-electron chi connectivity index (χ3n) is 3.28. The number of aromatic carboxylic acids is 1. The number of hydrogen-bond donors (Lipinski definition) is 2. The summed E-state index contributed by atoms with van der Waals surface area (Å²) >= 11 is 0. The minimum absolute atomic E-state index is 0.167. The van der Waals surface area contributed by atoms with E-state index in [0.717, 1.165) is 26.2 Å². The Bertz CT molecular complexity index is 433. The summed E-state index contributed by atoms with van der Waals surface area (Å²) in [6, 6.07) is 0. The van der Waals surface area contributed by atoms with Crippen LogP contribution >= 0.6 is 0 Å². The number of carbonyl (C=O) groups is 1. The summed E-state index contributed by atoms with van der Waals surface area (Å²) in [6.07, 6.45) is 2.72. The van der Waals surface area contributed by atoms with Gasteiger partial charge in [0.05, 0.1) is 12.3 Å². The Labute approximate surface area is 111 Å². The Morgan fingerprint density at radius 2 is 1.95 bits per heavy atom. The van der Waals surface area contributed by atoms with Gasteiger partial charge in [0.2, 0.25) is 0 Å². The first kappa shape index (κ1) is 13.9. The molecule has 7 nitrogen and oxygen atoms in total. The lowest BCUT2D eigenvalue weighted by Gasteiger charge is -2.34. The van der Waals surface area contributed by atoms with E-state index in [9.17, 15) is 4.79 Å². The zero-order chi connectivity index (χ0) is 13.7. The molecule has 2 N–H and O–H groups in total. The molecule has 0 aromatic carbocycles. The first-order valence-electron chi connectivity index (χ1n) is 6.28. The molecule has 7 heteroatoms. The van der Waals surface area contributed by atoms with Gasteiger partial charge < -0.3 is 10.2 Å². The van der Waals surface area contributed by atoms with Crippen molar-refractivity contribution >= 4 is 5.97 Å². The molecule has 0 bridgehead atoms. The third kappa shape index (κ3) is 3.69. The molecule has 2 rings (SSSR count). The predicted molar refractivity (Wildman–Crippen MR) is 67.8 cm³/mol. The Balaban J connectivity index is 1.94. The molecule has 0 aliphatic carbocycles. The second-order valence-corrected chi connectivity index (χ2v) is 4.53. The molecule has 0 amide bonds. The normalized spacial score (nSPS) is 17.5. The van der Waals surface area contributed by atoms with Gasteiger partial charge in [0.1, 0.15) is 11.9 Å². The molecule has 1 saturated heterocycles. The summed E-state index contributed by atoms with van der Waals surface area (Å²) < 4.78 is 0. The van der Waals surface area contributed by atoms with Gasteiger partial charge in [-0.3, -0.25) is 9.80 Å². The Kier molecular flexibility index (Phi) is 4.78. The summed E-state index contributed by atoms with van der Waals surface area (Å²) in [5.41, 5.74) is 0.721. The van der Waals surface area contributed by atoms with Crippen LogP contribution in [0.3, 0.4) is 0 Å². The second-order valence-electron chi connectivity index (χ2n) is 4.53. The van der Waals surface area contributed by atoms with E-state index in [4.69, 9.17) is 10.2 Å². The Morgan fingerprint density at radius 1 is 1.26 bits per heavy atom. The molecule has 0 spiro atoms. The summed E-state index contributed by atoms with van der Waals surface area (Å²) in [4.78, 5) is 23.2. The van der Waals surface area contributed by atoms with Crippen LogP contribution in [0.2, 0.25) is 0 Å². The van der Waals surface area contributed by atoms with Crippen molar-refractivity contribution in [2.24, 2.45) is 0 Å². The Morgan fingerprint density at radius 3 is 2.58 bits per heavy atom. The number of nitrogens with zero attached hydrogens (tertiary/aromatic N) is 4. The van der Waals surface area contributed by atoms with Crippen LogP contribution in [0.1, 0.15) is 16.1 Å². The summed E-state index contributed by atoms with van der Waals surface area (Å²) in [6.45, 7) is 4.86. The van der Waals surface area contributed by atoms with Crippen LogP contribution in [0.15, 0.2) is 12.5 Å². The molecule has 1 fully saturated rings. The van der Waals surface area contributed by atoms with E-state index in [1.807, 2.05) is 0 Å². The molecule has 1 aliphatic heterocycles. The molecule has 0 radical (unpaired) electrons. The lowest BCUT2D eigenvalue weighted by Crippen LogP contribution is -2.46. The van der Waals surface area contributed by atoms with Gasteiger partial charge in [0, 0.05) is 45.5 Å². The highest BCUT2D eigenvalue weighted by molar-refractivity contribution is 5.88. The van der Waals surface area contributed by atoms with Crippen LogP contribution in [0, 0.1) is 0 Å². The monoisotopic (exact) mass is 266 g/mol.